The van der Waals surface area contributed by atoms with Crippen molar-refractivity contribution in [3.05, 3.63) is 28.9 Å². The zero-order valence-corrected chi connectivity index (χ0v) is 14.3. The van der Waals surface area contributed by atoms with Crippen LogP contribution in [0, 0.1) is 6.92 Å². The molecule has 0 spiro atoms. The second-order valence-electron chi connectivity index (χ2n) is 5.49. The third-order valence-electron chi connectivity index (χ3n) is 3.66. The number of hydrogen-bond acceptors (Lipinski definition) is 7. The molecule has 2 amide bonds. The first-order valence-corrected chi connectivity index (χ1v) is 8.42. The van der Waals surface area contributed by atoms with Crippen molar-refractivity contribution in [1.82, 2.24) is 20.1 Å². The Morgan fingerprint density at radius 2 is 1.96 bits per heavy atom. The summed E-state index contributed by atoms with van der Waals surface area (Å²) in [6, 6.07) is 3.26. The van der Waals surface area contributed by atoms with E-state index >= 15 is 0 Å². The Kier molecular flexibility index (Phi) is 4.70. The van der Waals surface area contributed by atoms with Crippen molar-refractivity contribution in [1.29, 1.82) is 0 Å². The van der Waals surface area contributed by atoms with Crippen LogP contribution in [0.3, 0.4) is 0 Å². The van der Waals surface area contributed by atoms with E-state index < -0.39 is 0 Å². The van der Waals surface area contributed by atoms with Gasteiger partial charge in [0.1, 0.15) is 10.8 Å². The number of rotatable bonds is 3. The third kappa shape index (κ3) is 3.67. The minimum absolute atomic E-state index is 0.0582. The molecule has 1 saturated heterocycles. The van der Waals surface area contributed by atoms with Gasteiger partial charge in [0, 0.05) is 44.9 Å². The highest BCUT2D eigenvalue weighted by molar-refractivity contribution is 7.15. The number of pyridine rings is 1. The highest BCUT2D eigenvalue weighted by Gasteiger charge is 2.24. The number of piperazine rings is 1. The van der Waals surface area contributed by atoms with Gasteiger partial charge in [0.15, 0.2) is 0 Å². The van der Waals surface area contributed by atoms with Crippen LogP contribution in [0.25, 0.3) is 0 Å². The Morgan fingerprint density at radius 3 is 2.58 bits per heavy atom. The lowest BCUT2D eigenvalue weighted by atomic mass is 10.2. The number of nitrogens with zero attached hydrogens (tertiary/aromatic N) is 5. The molecule has 0 aliphatic carbocycles. The molecule has 0 aromatic carbocycles. The second kappa shape index (κ2) is 6.91. The van der Waals surface area contributed by atoms with Crippen molar-refractivity contribution in [2.75, 3.05) is 36.4 Å². The van der Waals surface area contributed by atoms with Crippen LogP contribution in [0.4, 0.5) is 10.9 Å². The quantitative estimate of drug-likeness (QED) is 0.897. The van der Waals surface area contributed by atoms with Crippen LogP contribution in [0.1, 0.15) is 22.3 Å². The molecular formula is C15H18N6O2S. The molecule has 1 N–H and O–H groups in total. The summed E-state index contributed by atoms with van der Waals surface area (Å²) < 4.78 is 0. The van der Waals surface area contributed by atoms with E-state index in [0.29, 0.717) is 24.5 Å². The van der Waals surface area contributed by atoms with E-state index in [1.807, 2.05) is 6.92 Å². The molecule has 1 aliphatic heterocycles. The topological polar surface area (TPSA) is 91.3 Å². The molecule has 8 nitrogen and oxygen atoms in total. The van der Waals surface area contributed by atoms with Gasteiger partial charge in [0.05, 0.1) is 0 Å². The van der Waals surface area contributed by atoms with Gasteiger partial charge in [-0.15, -0.1) is 10.2 Å². The van der Waals surface area contributed by atoms with E-state index in [1.165, 1.54) is 13.1 Å². The Bertz CT molecular complexity index is 754. The van der Waals surface area contributed by atoms with Crippen molar-refractivity contribution in [2.24, 2.45) is 0 Å². The average molecular weight is 346 g/mol. The highest BCUT2D eigenvalue weighted by atomic mass is 32.1. The van der Waals surface area contributed by atoms with E-state index in [-0.39, 0.29) is 11.8 Å². The summed E-state index contributed by atoms with van der Waals surface area (Å²) in [7, 11) is 0. The molecule has 24 heavy (non-hydrogen) atoms. The molecule has 0 unspecified atom stereocenters. The van der Waals surface area contributed by atoms with Gasteiger partial charge >= 0.3 is 0 Å². The number of amides is 2. The molecule has 3 heterocycles. The number of aryl methyl sites for hydroxylation is 1. The van der Waals surface area contributed by atoms with Gasteiger partial charge in [-0.05, 0) is 19.1 Å². The van der Waals surface area contributed by atoms with E-state index in [2.05, 4.69) is 25.4 Å². The zero-order valence-electron chi connectivity index (χ0n) is 13.5. The largest absolute Gasteiger partial charge is 0.343 e. The summed E-state index contributed by atoms with van der Waals surface area (Å²) in [5.41, 5.74) is 0.522. The second-order valence-corrected chi connectivity index (χ2v) is 6.65. The first-order valence-electron chi connectivity index (χ1n) is 7.61. The minimum Gasteiger partial charge on any atom is -0.343 e. The van der Waals surface area contributed by atoms with Crippen LogP contribution in [0.2, 0.25) is 0 Å². The number of anilines is 2. The molecule has 0 saturated carbocycles. The molecule has 2 aromatic rings. The Balaban J connectivity index is 1.63. The van der Waals surface area contributed by atoms with E-state index in [1.54, 1.807) is 28.4 Å². The van der Waals surface area contributed by atoms with E-state index in [4.69, 9.17) is 0 Å². The van der Waals surface area contributed by atoms with Crippen molar-refractivity contribution in [3.63, 3.8) is 0 Å². The first kappa shape index (κ1) is 16.3. The average Bonchev–Trinajstić information content (AvgIpc) is 3.00. The van der Waals surface area contributed by atoms with Gasteiger partial charge in [-0.1, -0.05) is 11.3 Å². The maximum atomic E-state index is 12.6. The van der Waals surface area contributed by atoms with E-state index in [9.17, 15) is 9.59 Å². The molecule has 9 heteroatoms. The summed E-state index contributed by atoms with van der Waals surface area (Å²) in [5.74, 6) is 0.112. The molecule has 0 bridgehead atoms. The van der Waals surface area contributed by atoms with Gasteiger partial charge in [-0.25, -0.2) is 4.98 Å². The van der Waals surface area contributed by atoms with Crippen LogP contribution >= 0.6 is 11.3 Å². The standard InChI is InChI=1S/C15H18N6O2S/c1-10(22)17-13-9-12(3-4-16-13)14(23)20-5-7-21(8-6-20)15-19-18-11(2)24-15/h3-4,9H,5-8H2,1-2H3,(H,16,17,22). The van der Waals surface area contributed by atoms with Gasteiger partial charge in [0.2, 0.25) is 11.0 Å². The molecule has 0 radical (unpaired) electrons. The molecular weight excluding hydrogens is 328 g/mol. The fourth-order valence-corrected chi connectivity index (χ4v) is 3.25. The predicted molar refractivity (Wildman–Crippen MR) is 91.3 cm³/mol. The summed E-state index contributed by atoms with van der Waals surface area (Å²) in [6.45, 7) is 6.03. The fourth-order valence-electron chi connectivity index (χ4n) is 2.51. The summed E-state index contributed by atoms with van der Waals surface area (Å²) in [4.78, 5) is 31.7. The minimum atomic E-state index is -0.215. The number of carbonyl (C=O) groups excluding carboxylic acids is 2. The van der Waals surface area contributed by atoms with Crippen LogP contribution in [-0.2, 0) is 4.79 Å². The van der Waals surface area contributed by atoms with Crippen molar-refractivity contribution >= 4 is 34.1 Å². The van der Waals surface area contributed by atoms with Crippen molar-refractivity contribution < 1.29 is 9.59 Å². The number of carbonyl (C=O) groups is 2. The Labute approximate surface area is 143 Å². The third-order valence-corrected chi connectivity index (χ3v) is 4.56. The Morgan fingerprint density at radius 1 is 1.21 bits per heavy atom. The molecule has 1 aliphatic rings. The smallest absolute Gasteiger partial charge is 0.254 e. The lowest BCUT2D eigenvalue weighted by Crippen LogP contribution is -2.48. The van der Waals surface area contributed by atoms with Crippen molar-refractivity contribution in [3.8, 4) is 0 Å². The van der Waals surface area contributed by atoms with Crippen LogP contribution in [0.5, 0.6) is 0 Å². The lowest BCUT2D eigenvalue weighted by molar-refractivity contribution is -0.114. The molecule has 3 rings (SSSR count). The summed E-state index contributed by atoms with van der Waals surface area (Å²) in [5, 5.41) is 12.6. The van der Waals surface area contributed by atoms with Gasteiger partial charge in [-0.2, -0.15) is 0 Å². The molecule has 2 aromatic heterocycles. The van der Waals surface area contributed by atoms with Crippen LogP contribution < -0.4 is 10.2 Å². The predicted octanol–water partition coefficient (Wildman–Crippen LogP) is 1.16. The van der Waals surface area contributed by atoms with Crippen LogP contribution in [-0.4, -0.2) is 58.1 Å². The SMILES string of the molecule is CC(=O)Nc1cc(C(=O)N2CCN(c3nnc(C)s3)CC2)ccn1. The van der Waals surface area contributed by atoms with Gasteiger partial charge in [0.25, 0.3) is 5.91 Å². The number of nitrogens with one attached hydrogen (secondary N) is 1. The van der Waals surface area contributed by atoms with E-state index in [0.717, 1.165) is 23.2 Å². The lowest BCUT2D eigenvalue weighted by Gasteiger charge is -2.34. The maximum absolute atomic E-state index is 12.6. The summed E-state index contributed by atoms with van der Waals surface area (Å²) in [6.07, 6.45) is 1.53. The number of hydrogen-bond donors (Lipinski definition) is 1. The normalized spacial score (nSPS) is 14.6. The molecule has 0 atom stereocenters. The molecule has 126 valence electrons. The monoisotopic (exact) mass is 346 g/mol. The summed E-state index contributed by atoms with van der Waals surface area (Å²) >= 11 is 1.56. The molecule has 1 fully saturated rings. The zero-order chi connectivity index (χ0) is 17.1. The number of aromatic nitrogens is 3. The van der Waals surface area contributed by atoms with Crippen molar-refractivity contribution in [2.45, 2.75) is 13.8 Å². The maximum Gasteiger partial charge on any atom is 0.254 e. The first-order chi connectivity index (χ1) is 11.5. The Hall–Kier alpha value is -2.55. The fraction of sp³-hybridized carbons (Fsp3) is 0.400. The van der Waals surface area contributed by atoms with Gasteiger partial charge in [-0.3, -0.25) is 9.59 Å². The highest BCUT2D eigenvalue weighted by Crippen LogP contribution is 2.21. The van der Waals surface area contributed by atoms with Gasteiger partial charge < -0.3 is 15.1 Å². The van der Waals surface area contributed by atoms with Crippen LogP contribution in [0.15, 0.2) is 18.3 Å².